The second-order valence-corrected chi connectivity index (χ2v) is 10.6. The van der Waals surface area contributed by atoms with Crippen LogP contribution in [0.15, 0.2) is 97.1 Å². The van der Waals surface area contributed by atoms with E-state index in [1.807, 2.05) is 12.1 Å². The van der Waals surface area contributed by atoms with E-state index in [9.17, 15) is 5.11 Å². The normalized spacial score (nSPS) is 14.1. The summed E-state index contributed by atoms with van der Waals surface area (Å²) in [6.07, 6.45) is 3.99. The first kappa shape index (κ1) is 25.3. The van der Waals surface area contributed by atoms with E-state index in [4.69, 9.17) is 4.74 Å². The van der Waals surface area contributed by atoms with E-state index in [1.165, 1.54) is 65.6 Å². The highest BCUT2D eigenvalue weighted by Gasteiger charge is 2.16. The van der Waals surface area contributed by atoms with Crippen molar-refractivity contribution in [1.29, 1.82) is 0 Å². The number of piperidine rings is 1. The molecule has 1 aliphatic heterocycles. The lowest BCUT2D eigenvalue weighted by Gasteiger charge is -2.26. The highest BCUT2D eigenvalue weighted by atomic mass is 16.5. The van der Waals surface area contributed by atoms with Gasteiger partial charge in [0.1, 0.15) is 18.1 Å². The molecule has 198 valence electrons. The molecule has 1 saturated heterocycles. The molecule has 1 aromatic heterocycles. The van der Waals surface area contributed by atoms with Crippen molar-refractivity contribution in [3.63, 3.8) is 0 Å². The van der Waals surface area contributed by atoms with Crippen molar-refractivity contribution >= 4 is 10.9 Å². The van der Waals surface area contributed by atoms with Crippen LogP contribution in [0.1, 0.15) is 30.4 Å². The standard InChI is InChI=1S/C35H36N2O2/c1-26-33-7-3-4-8-34(33)37(35(26)30-13-11-28(12-14-30)29-15-17-31(38)18-16-29)25-27-9-19-32(20-10-27)39-24-23-36-21-5-2-6-22-36/h3-4,7-20,38H,2,5-6,21-25H2,1H3. The number of fused-ring (bicyclic) bond motifs is 1. The maximum absolute atomic E-state index is 9.64. The highest BCUT2D eigenvalue weighted by Crippen LogP contribution is 2.35. The number of benzene rings is 4. The summed E-state index contributed by atoms with van der Waals surface area (Å²) in [4.78, 5) is 2.51. The Bertz CT molecular complexity index is 1530. The first-order chi connectivity index (χ1) is 19.2. The van der Waals surface area contributed by atoms with Gasteiger partial charge in [-0.2, -0.15) is 0 Å². The minimum atomic E-state index is 0.285. The van der Waals surface area contributed by atoms with Gasteiger partial charge >= 0.3 is 0 Å². The lowest BCUT2D eigenvalue weighted by molar-refractivity contribution is 0.183. The number of hydrogen-bond donors (Lipinski definition) is 1. The van der Waals surface area contributed by atoms with Gasteiger partial charge in [-0.25, -0.2) is 0 Å². The molecule has 4 aromatic carbocycles. The van der Waals surface area contributed by atoms with Crippen LogP contribution in [0.5, 0.6) is 11.5 Å². The van der Waals surface area contributed by atoms with Crippen molar-refractivity contribution < 1.29 is 9.84 Å². The highest BCUT2D eigenvalue weighted by molar-refractivity contribution is 5.92. The summed E-state index contributed by atoms with van der Waals surface area (Å²) in [5.74, 6) is 1.22. The maximum atomic E-state index is 9.64. The number of phenols is 1. The molecule has 0 amide bonds. The second-order valence-electron chi connectivity index (χ2n) is 10.6. The summed E-state index contributed by atoms with van der Waals surface area (Å²) in [6.45, 7) is 7.16. The number of aromatic hydroxyl groups is 1. The third kappa shape index (κ3) is 5.57. The van der Waals surface area contributed by atoms with Crippen LogP contribution < -0.4 is 4.74 Å². The average molecular weight is 517 g/mol. The minimum Gasteiger partial charge on any atom is -0.508 e. The van der Waals surface area contributed by atoms with Crippen LogP contribution >= 0.6 is 0 Å². The SMILES string of the molecule is Cc1c(-c2ccc(-c3ccc(O)cc3)cc2)n(Cc2ccc(OCCN3CCCCC3)cc2)c2ccccc12. The number of hydrogen-bond acceptors (Lipinski definition) is 3. The zero-order valence-corrected chi connectivity index (χ0v) is 22.6. The van der Waals surface area contributed by atoms with Gasteiger partial charge < -0.3 is 14.4 Å². The minimum absolute atomic E-state index is 0.285. The lowest BCUT2D eigenvalue weighted by Crippen LogP contribution is -2.33. The molecule has 0 aliphatic carbocycles. The Morgan fingerprint density at radius 2 is 1.36 bits per heavy atom. The largest absolute Gasteiger partial charge is 0.508 e. The Morgan fingerprint density at radius 3 is 2.08 bits per heavy atom. The molecule has 39 heavy (non-hydrogen) atoms. The third-order valence-electron chi connectivity index (χ3n) is 7.97. The molecule has 2 heterocycles. The Morgan fingerprint density at radius 1 is 0.718 bits per heavy atom. The summed E-state index contributed by atoms with van der Waals surface area (Å²) in [7, 11) is 0. The number of phenolic OH excluding ortho intramolecular Hbond substituents is 1. The fraction of sp³-hybridized carbons (Fsp3) is 0.257. The molecular formula is C35H36N2O2. The van der Waals surface area contributed by atoms with Gasteiger partial charge in [-0.05, 0) is 91.0 Å². The molecule has 5 aromatic rings. The van der Waals surface area contributed by atoms with Crippen molar-refractivity contribution in [3.05, 3.63) is 108 Å². The number of nitrogens with zero attached hydrogens (tertiary/aromatic N) is 2. The number of para-hydroxylation sites is 1. The summed E-state index contributed by atoms with van der Waals surface area (Å²) in [5, 5.41) is 10.9. The summed E-state index contributed by atoms with van der Waals surface area (Å²) >= 11 is 0. The van der Waals surface area contributed by atoms with Crippen molar-refractivity contribution in [2.75, 3.05) is 26.2 Å². The monoisotopic (exact) mass is 516 g/mol. The van der Waals surface area contributed by atoms with Crippen LogP contribution in [0.4, 0.5) is 0 Å². The van der Waals surface area contributed by atoms with E-state index in [0.29, 0.717) is 0 Å². The van der Waals surface area contributed by atoms with E-state index in [0.717, 1.165) is 36.6 Å². The smallest absolute Gasteiger partial charge is 0.119 e. The fourth-order valence-electron chi connectivity index (χ4n) is 5.84. The van der Waals surface area contributed by atoms with Gasteiger partial charge in [-0.15, -0.1) is 0 Å². The Hall–Kier alpha value is -4.02. The average Bonchev–Trinajstić information content (AvgIpc) is 3.26. The van der Waals surface area contributed by atoms with Crippen LogP contribution in [-0.4, -0.2) is 40.8 Å². The second kappa shape index (κ2) is 11.4. The fourth-order valence-corrected chi connectivity index (χ4v) is 5.84. The Kier molecular flexibility index (Phi) is 7.38. The Labute approximate surface area is 231 Å². The summed E-state index contributed by atoms with van der Waals surface area (Å²) < 4.78 is 8.51. The molecule has 0 unspecified atom stereocenters. The van der Waals surface area contributed by atoms with Crippen LogP contribution in [0.2, 0.25) is 0 Å². The number of ether oxygens (including phenoxy) is 1. The van der Waals surface area contributed by atoms with Crippen LogP contribution in [-0.2, 0) is 6.54 Å². The van der Waals surface area contributed by atoms with Gasteiger partial charge in [-0.1, -0.05) is 73.2 Å². The molecule has 0 radical (unpaired) electrons. The van der Waals surface area contributed by atoms with Crippen molar-refractivity contribution in [2.24, 2.45) is 0 Å². The number of aromatic nitrogens is 1. The lowest BCUT2D eigenvalue weighted by atomic mass is 10.0. The molecule has 0 atom stereocenters. The van der Waals surface area contributed by atoms with Crippen molar-refractivity contribution in [2.45, 2.75) is 32.7 Å². The van der Waals surface area contributed by atoms with Crippen molar-refractivity contribution in [3.8, 4) is 33.9 Å². The molecular weight excluding hydrogens is 480 g/mol. The topological polar surface area (TPSA) is 37.6 Å². The van der Waals surface area contributed by atoms with Gasteiger partial charge in [0, 0.05) is 24.0 Å². The number of likely N-dealkylation sites (tertiary alicyclic amines) is 1. The van der Waals surface area contributed by atoms with Crippen molar-refractivity contribution in [1.82, 2.24) is 9.47 Å². The van der Waals surface area contributed by atoms with E-state index in [2.05, 4.69) is 89.2 Å². The molecule has 4 nitrogen and oxygen atoms in total. The van der Waals surface area contributed by atoms with Gasteiger partial charge in [0.25, 0.3) is 0 Å². The third-order valence-corrected chi connectivity index (χ3v) is 7.97. The first-order valence-electron chi connectivity index (χ1n) is 14.1. The zero-order chi connectivity index (χ0) is 26.6. The predicted octanol–water partition coefficient (Wildman–Crippen LogP) is 7.90. The quantitative estimate of drug-likeness (QED) is 0.228. The predicted molar refractivity (Wildman–Crippen MR) is 161 cm³/mol. The van der Waals surface area contributed by atoms with Gasteiger partial charge in [0.2, 0.25) is 0 Å². The maximum Gasteiger partial charge on any atom is 0.119 e. The van der Waals surface area contributed by atoms with E-state index >= 15 is 0 Å². The first-order valence-corrected chi connectivity index (χ1v) is 14.1. The van der Waals surface area contributed by atoms with Crippen LogP contribution in [0, 0.1) is 6.92 Å². The van der Waals surface area contributed by atoms with E-state index in [-0.39, 0.29) is 5.75 Å². The molecule has 6 rings (SSSR count). The van der Waals surface area contributed by atoms with Gasteiger partial charge in [0.15, 0.2) is 0 Å². The zero-order valence-electron chi connectivity index (χ0n) is 22.6. The summed E-state index contributed by atoms with van der Waals surface area (Å²) in [6, 6.07) is 33.4. The molecule has 0 spiro atoms. The Balaban J connectivity index is 1.23. The number of rotatable bonds is 8. The van der Waals surface area contributed by atoms with E-state index in [1.54, 1.807) is 12.1 Å². The van der Waals surface area contributed by atoms with Gasteiger partial charge in [0.05, 0.1) is 5.69 Å². The van der Waals surface area contributed by atoms with E-state index < -0.39 is 0 Å². The summed E-state index contributed by atoms with van der Waals surface area (Å²) in [5.41, 5.74) is 8.46. The molecule has 0 saturated carbocycles. The molecule has 1 aliphatic rings. The van der Waals surface area contributed by atoms with Gasteiger partial charge in [-0.3, -0.25) is 4.90 Å². The molecule has 4 heteroatoms. The molecule has 1 fully saturated rings. The van der Waals surface area contributed by atoms with Crippen LogP contribution in [0.3, 0.4) is 0 Å². The van der Waals surface area contributed by atoms with Crippen LogP contribution in [0.25, 0.3) is 33.3 Å². The molecule has 0 bridgehead atoms. The number of aryl methyl sites for hydroxylation is 1. The molecule has 1 N–H and O–H groups in total.